The predicted octanol–water partition coefficient (Wildman–Crippen LogP) is 4.65. The minimum atomic E-state index is 0.560. The molecule has 1 saturated carbocycles. The van der Waals surface area contributed by atoms with Gasteiger partial charge < -0.3 is 4.74 Å². The first-order valence-electron chi connectivity index (χ1n) is 8.58. The summed E-state index contributed by atoms with van der Waals surface area (Å²) in [6, 6.07) is 8.18. The van der Waals surface area contributed by atoms with Gasteiger partial charge in [0.15, 0.2) is 0 Å². The normalized spacial score (nSPS) is 14.4. The number of hydrogen-bond donors (Lipinski definition) is 0. The number of ether oxygens (including phenoxy) is 1. The molecular formula is C19H26N2OS. The maximum atomic E-state index is 5.82. The Kier molecular flexibility index (Phi) is 5.68. The Hall–Kier alpha value is -1.39. The summed E-state index contributed by atoms with van der Waals surface area (Å²) >= 11 is 1.70. The van der Waals surface area contributed by atoms with Crippen LogP contribution in [0.2, 0.25) is 0 Å². The highest BCUT2D eigenvalue weighted by molar-refractivity contribution is 7.09. The van der Waals surface area contributed by atoms with Crippen molar-refractivity contribution in [2.45, 2.75) is 46.3 Å². The van der Waals surface area contributed by atoms with E-state index in [9.17, 15) is 0 Å². The summed E-state index contributed by atoms with van der Waals surface area (Å²) in [5.41, 5.74) is 2.44. The van der Waals surface area contributed by atoms with Gasteiger partial charge in [0.05, 0.1) is 5.69 Å². The van der Waals surface area contributed by atoms with Crippen LogP contribution in [0.3, 0.4) is 0 Å². The first-order chi connectivity index (χ1) is 11.2. The average Bonchev–Trinajstić information content (AvgIpc) is 3.24. The summed E-state index contributed by atoms with van der Waals surface area (Å²) in [5.74, 6) is 1.85. The number of aryl methyl sites for hydroxylation is 1. The van der Waals surface area contributed by atoms with Gasteiger partial charge in [0.2, 0.25) is 0 Å². The SMILES string of the molecule is CCCN(Cc1csc(COc2ccc(C)cc2)n1)CC1CC1. The molecule has 0 radical (unpaired) electrons. The van der Waals surface area contributed by atoms with Crippen molar-refractivity contribution in [3.63, 3.8) is 0 Å². The smallest absolute Gasteiger partial charge is 0.140 e. The number of hydrogen-bond acceptors (Lipinski definition) is 4. The van der Waals surface area contributed by atoms with Crippen molar-refractivity contribution in [3.05, 3.63) is 45.9 Å². The highest BCUT2D eigenvalue weighted by atomic mass is 32.1. The number of nitrogens with zero attached hydrogens (tertiary/aromatic N) is 2. The molecule has 0 saturated heterocycles. The van der Waals surface area contributed by atoms with E-state index >= 15 is 0 Å². The fourth-order valence-corrected chi connectivity index (χ4v) is 3.41. The van der Waals surface area contributed by atoms with Crippen molar-refractivity contribution in [1.29, 1.82) is 0 Å². The third-order valence-electron chi connectivity index (χ3n) is 4.12. The topological polar surface area (TPSA) is 25.4 Å². The summed E-state index contributed by atoms with van der Waals surface area (Å²) in [6.07, 6.45) is 4.03. The molecule has 3 rings (SSSR count). The molecule has 2 aromatic rings. The molecule has 0 unspecified atom stereocenters. The second-order valence-corrected chi connectivity index (χ2v) is 7.46. The zero-order chi connectivity index (χ0) is 16.1. The molecule has 0 spiro atoms. The van der Waals surface area contributed by atoms with Gasteiger partial charge in [-0.05, 0) is 50.8 Å². The molecule has 1 aromatic carbocycles. The van der Waals surface area contributed by atoms with Crippen molar-refractivity contribution in [3.8, 4) is 5.75 Å². The highest BCUT2D eigenvalue weighted by Gasteiger charge is 2.24. The molecule has 0 bridgehead atoms. The predicted molar refractivity (Wildman–Crippen MR) is 95.9 cm³/mol. The fraction of sp³-hybridized carbons (Fsp3) is 0.526. The van der Waals surface area contributed by atoms with Crippen LogP contribution in [0.5, 0.6) is 5.75 Å². The lowest BCUT2D eigenvalue weighted by molar-refractivity contribution is 0.252. The van der Waals surface area contributed by atoms with Crippen molar-refractivity contribution in [2.24, 2.45) is 5.92 Å². The lowest BCUT2D eigenvalue weighted by Crippen LogP contribution is -2.26. The van der Waals surface area contributed by atoms with Crippen LogP contribution >= 0.6 is 11.3 Å². The van der Waals surface area contributed by atoms with Crippen LogP contribution in [0.25, 0.3) is 0 Å². The highest BCUT2D eigenvalue weighted by Crippen LogP contribution is 2.30. The second kappa shape index (κ2) is 7.93. The lowest BCUT2D eigenvalue weighted by atomic mass is 10.2. The third kappa shape index (κ3) is 5.33. The monoisotopic (exact) mass is 330 g/mol. The van der Waals surface area contributed by atoms with Gasteiger partial charge in [-0.15, -0.1) is 11.3 Å². The van der Waals surface area contributed by atoms with Crippen LogP contribution in [-0.2, 0) is 13.2 Å². The third-order valence-corrected chi connectivity index (χ3v) is 4.99. The first-order valence-corrected chi connectivity index (χ1v) is 9.46. The molecule has 3 nitrogen and oxygen atoms in total. The van der Waals surface area contributed by atoms with Crippen LogP contribution in [-0.4, -0.2) is 23.0 Å². The molecule has 0 atom stereocenters. The van der Waals surface area contributed by atoms with Gasteiger partial charge in [-0.2, -0.15) is 0 Å². The van der Waals surface area contributed by atoms with Gasteiger partial charge in [-0.25, -0.2) is 4.98 Å². The van der Waals surface area contributed by atoms with E-state index in [4.69, 9.17) is 9.72 Å². The molecule has 1 aliphatic rings. The molecule has 1 heterocycles. The first kappa shape index (κ1) is 16.5. The van der Waals surface area contributed by atoms with Crippen LogP contribution in [0, 0.1) is 12.8 Å². The molecule has 0 N–H and O–H groups in total. The zero-order valence-electron chi connectivity index (χ0n) is 14.1. The summed E-state index contributed by atoms with van der Waals surface area (Å²) < 4.78 is 5.82. The molecule has 0 aliphatic heterocycles. The van der Waals surface area contributed by atoms with Gasteiger partial charge in [0.25, 0.3) is 0 Å². The van der Waals surface area contributed by atoms with E-state index in [2.05, 4.69) is 36.3 Å². The fourth-order valence-electron chi connectivity index (χ4n) is 2.71. The molecule has 23 heavy (non-hydrogen) atoms. The van der Waals surface area contributed by atoms with E-state index in [0.29, 0.717) is 6.61 Å². The van der Waals surface area contributed by atoms with E-state index in [-0.39, 0.29) is 0 Å². The minimum Gasteiger partial charge on any atom is -0.486 e. The Morgan fingerprint density at radius 3 is 2.74 bits per heavy atom. The van der Waals surface area contributed by atoms with Crippen molar-refractivity contribution in [2.75, 3.05) is 13.1 Å². The molecule has 0 amide bonds. The van der Waals surface area contributed by atoms with Crippen LogP contribution in [0.1, 0.15) is 42.5 Å². The maximum absolute atomic E-state index is 5.82. The van der Waals surface area contributed by atoms with Crippen molar-refractivity contribution < 1.29 is 4.74 Å². The summed E-state index contributed by atoms with van der Waals surface area (Å²) in [7, 11) is 0. The van der Waals surface area contributed by atoms with Gasteiger partial charge >= 0.3 is 0 Å². The standard InChI is InChI=1S/C19H26N2OS/c1-3-10-21(11-16-6-7-16)12-17-14-23-19(20-17)13-22-18-8-4-15(2)5-9-18/h4-5,8-9,14,16H,3,6-7,10-13H2,1-2H3. The average molecular weight is 330 g/mol. The van der Waals surface area contributed by atoms with Crippen molar-refractivity contribution in [1.82, 2.24) is 9.88 Å². The van der Waals surface area contributed by atoms with E-state index in [1.54, 1.807) is 11.3 Å². The second-order valence-electron chi connectivity index (χ2n) is 6.51. The zero-order valence-corrected chi connectivity index (χ0v) is 14.9. The van der Waals surface area contributed by atoms with Crippen LogP contribution in [0.15, 0.2) is 29.6 Å². The molecule has 1 aliphatic carbocycles. The van der Waals surface area contributed by atoms with E-state index < -0.39 is 0 Å². The van der Waals surface area contributed by atoms with E-state index in [1.165, 1.54) is 43.6 Å². The Labute approximate surface area is 143 Å². The molecule has 1 aromatic heterocycles. The van der Waals surface area contributed by atoms with Crippen LogP contribution in [0.4, 0.5) is 0 Å². The summed E-state index contributed by atoms with van der Waals surface area (Å²) in [4.78, 5) is 7.30. The van der Waals surface area contributed by atoms with E-state index in [1.807, 2.05) is 12.1 Å². The summed E-state index contributed by atoms with van der Waals surface area (Å²) in [5, 5.41) is 3.24. The lowest BCUT2D eigenvalue weighted by Gasteiger charge is -2.20. The number of thiazole rings is 1. The largest absolute Gasteiger partial charge is 0.486 e. The Morgan fingerprint density at radius 2 is 2.04 bits per heavy atom. The van der Waals surface area contributed by atoms with Gasteiger partial charge in [0.1, 0.15) is 17.4 Å². The Morgan fingerprint density at radius 1 is 1.26 bits per heavy atom. The molecule has 4 heteroatoms. The summed E-state index contributed by atoms with van der Waals surface area (Å²) in [6.45, 7) is 8.28. The van der Waals surface area contributed by atoms with Gasteiger partial charge in [-0.1, -0.05) is 24.6 Å². The maximum Gasteiger partial charge on any atom is 0.140 e. The molecule has 1 fully saturated rings. The van der Waals surface area contributed by atoms with Gasteiger partial charge in [0, 0.05) is 18.5 Å². The number of rotatable bonds is 9. The Balaban J connectivity index is 1.51. The quantitative estimate of drug-likeness (QED) is 0.669. The molecule has 124 valence electrons. The number of aromatic nitrogens is 1. The molecular weight excluding hydrogens is 304 g/mol. The van der Waals surface area contributed by atoms with E-state index in [0.717, 1.165) is 23.2 Å². The Bertz CT molecular complexity index is 604. The van der Waals surface area contributed by atoms with Crippen LogP contribution < -0.4 is 4.74 Å². The van der Waals surface area contributed by atoms with Crippen molar-refractivity contribution >= 4 is 11.3 Å². The number of benzene rings is 1. The van der Waals surface area contributed by atoms with Gasteiger partial charge in [-0.3, -0.25) is 4.90 Å². The minimum absolute atomic E-state index is 0.560.